The topological polar surface area (TPSA) is 133 Å². The summed E-state index contributed by atoms with van der Waals surface area (Å²) in [5.74, 6) is -2.01. The van der Waals surface area contributed by atoms with Crippen LogP contribution >= 0.6 is 0 Å². The van der Waals surface area contributed by atoms with E-state index in [9.17, 15) is 22.8 Å². The lowest BCUT2D eigenvalue weighted by molar-refractivity contribution is -0.138. The van der Waals surface area contributed by atoms with E-state index in [2.05, 4.69) is 10.6 Å². The third-order valence-electron chi connectivity index (χ3n) is 2.89. The number of hydrogen-bond acceptors (Lipinski definition) is 5. The lowest BCUT2D eigenvalue weighted by atomic mass is 10.2. The first-order valence-corrected chi connectivity index (χ1v) is 7.74. The number of carbonyl (C=O) groups is 3. The van der Waals surface area contributed by atoms with Gasteiger partial charge in [-0.15, -0.1) is 0 Å². The summed E-state index contributed by atoms with van der Waals surface area (Å²) in [5.41, 5.74) is 0. The van der Waals surface area contributed by atoms with Crippen molar-refractivity contribution in [1.82, 2.24) is 15.5 Å². The minimum atomic E-state index is -3.24. The molecular formula is C10H17N3O6S. The zero-order chi connectivity index (χ0) is 15.3. The molecule has 1 fully saturated rings. The molecule has 1 heterocycles. The summed E-state index contributed by atoms with van der Waals surface area (Å²) >= 11 is 0. The fraction of sp³-hybridized carbons (Fsp3) is 0.700. The summed E-state index contributed by atoms with van der Waals surface area (Å²) in [6.07, 6.45) is 0.197. The van der Waals surface area contributed by atoms with E-state index < -0.39 is 40.3 Å². The van der Waals surface area contributed by atoms with E-state index >= 15 is 0 Å². The van der Waals surface area contributed by atoms with E-state index in [-0.39, 0.29) is 24.5 Å². The van der Waals surface area contributed by atoms with Crippen molar-refractivity contribution in [3.8, 4) is 0 Å². The summed E-state index contributed by atoms with van der Waals surface area (Å²) in [6, 6.07) is -1.45. The zero-order valence-corrected chi connectivity index (χ0v) is 11.8. The minimum absolute atomic E-state index is 0.0729. The molecule has 1 atom stereocenters. The second-order valence-electron chi connectivity index (χ2n) is 4.41. The summed E-state index contributed by atoms with van der Waals surface area (Å²) < 4.78 is 22.8. The molecule has 1 rings (SSSR count). The molecule has 0 radical (unpaired) electrons. The Morgan fingerprint density at radius 1 is 1.35 bits per heavy atom. The predicted octanol–water partition coefficient (Wildman–Crippen LogP) is -1.98. The van der Waals surface area contributed by atoms with Gasteiger partial charge in [-0.05, 0) is 6.42 Å². The number of nitrogens with one attached hydrogen (secondary N) is 2. The van der Waals surface area contributed by atoms with Crippen molar-refractivity contribution in [2.75, 3.05) is 31.6 Å². The van der Waals surface area contributed by atoms with Crippen molar-refractivity contribution in [3.63, 3.8) is 0 Å². The molecule has 114 valence electrons. The van der Waals surface area contributed by atoms with Gasteiger partial charge in [0.2, 0.25) is 5.91 Å². The van der Waals surface area contributed by atoms with Gasteiger partial charge in [0, 0.05) is 13.1 Å². The molecule has 0 aromatic heterocycles. The third kappa shape index (κ3) is 4.68. The van der Waals surface area contributed by atoms with Crippen LogP contribution in [0, 0.1) is 0 Å². The summed E-state index contributed by atoms with van der Waals surface area (Å²) in [7, 11) is -1.84. The van der Waals surface area contributed by atoms with E-state index in [4.69, 9.17) is 5.11 Å². The van der Waals surface area contributed by atoms with Gasteiger partial charge in [0.15, 0.2) is 9.84 Å². The van der Waals surface area contributed by atoms with E-state index in [1.807, 2.05) is 0 Å². The first-order valence-electron chi connectivity index (χ1n) is 5.92. The molecule has 0 saturated carbocycles. The van der Waals surface area contributed by atoms with Crippen LogP contribution in [0.1, 0.15) is 6.42 Å². The summed E-state index contributed by atoms with van der Waals surface area (Å²) in [6.45, 7) is -0.912. The van der Waals surface area contributed by atoms with Crippen molar-refractivity contribution in [2.24, 2.45) is 0 Å². The fourth-order valence-electron chi connectivity index (χ4n) is 1.88. The number of carboxylic acids is 1. The highest BCUT2D eigenvalue weighted by Crippen LogP contribution is 2.17. The van der Waals surface area contributed by atoms with Gasteiger partial charge in [0.25, 0.3) is 0 Å². The molecule has 0 aliphatic carbocycles. The molecule has 1 unspecified atom stereocenters. The van der Waals surface area contributed by atoms with Crippen LogP contribution in [-0.2, 0) is 19.4 Å². The second kappa shape index (κ2) is 6.55. The number of rotatable bonds is 5. The number of urea groups is 1. The maximum absolute atomic E-state index is 11.9. The van der Waals surface area contributed by atoms with Gasteiger partial charge in [-0.2, -0.15) is 0 Å². The third-order valence-corrected chi connectivity index (χ3v) is 4.65. The summed E-state index contributed by atoms with van der Waals surface area (Å²) in [5, 5.41) is 13.4. The predicted molar refractivity (Wildman–Crippen MR) is 68.9 cm³/mol. The number of aliphatic carboxylic acids is 1. The lowest BCUT2D eigenvalue weighted by Crippen LogP contribution is -2.50. The average molecular weight is 307 g/mol. The Bertz CT molecular complexity index is 503. The van der Waals surface area contributed by atoms with Crippen molar-refractivity contribution in [1.29, 1.82) is 0 Å². The van der Waals surface area contributed by atoms with E-state index in [1.165, 1.54) is 7.05 Å². The Labute approximate surface area is 116 Å². The molecule has 3 N–H and O–H groups in total. The highest BCUT2D eigenvalue weighted by Gasteiger charge is 2.35. The quantitative estimate of drug-likeness (QED) is 0.539. The number of likely N-dealkylation sites (N-methyl/N-ethyl adjacent to an activating group) is 1. The van der Waals surface area contributed by atoms with Gasteiger partial charge in [0.1, 0.15) is 6.54 Å². The normalized spacial score (nSPS) is 20.1. The molecule has 0 aromatic carbocycles. The molecule has 10 heteroatoms. The van der Waals surface area contributed by atoms with Gasteiger partial charge in [0.05, 0.1) is 18.1 Å². The molecule has 20 heavy (non-hydrogen) atoms. The van der Waals surface area contributed by atoms with Gasteiger partial charge >= 0.3 is 12.0 Å². The van der Waals surface area contributed by atoms with Crippen molar-refractivity contribution < 1.29 is 27.9 Å². The van der Waals surface area contributed by atoms with Crippen molar-refractivity contribution >= 4 is 27.7 Å². The average Bonchev–Trinajstić information content (AvgIpc) is 2.72. The van der Waals surface area contributed by atoms with Gasteiger partial charge in [-0.3, -0.25) is 9.59 Å². The number of nitrogens with zero attached hydrogens (tertiary/aromatic N) is 1. The first kappa shape index (κ1) is 16.2. The van der Waals surface area contributed by atoms with Crippen LogP contribution in [0.25, 0.3) is 0 Å². The van der Waals surface area contributed by atoms with E-state index in [0.29, 0.717) is 0 Å². The lowest BCUT2D eigenvalue weighted by Gasteiger charge is -2.26. The van der Waals surface area contributed by atoms with Crippen LogP contribution in [0.5, 0.6) is 0 Å². The van der Waals surface area contributed by atoms with Crippen LogP contribution in [0.2, 0.25) is 0 Å². The van der Waals surface area contributed by atoms with Gasteiger partial charge in [-0.25, -0.2) is 13.2 Å². The highest BCUT2D eigenvalue weighted by molar-refractivity contribution is 7.91. The van der Waals surface area contributed by atoms with E-state index in [0.717, 1.165) is 4.90 Å². The summed E-state index contributed by atoms with van der Waals surface area (Å²) in [4.78, 5) is 34.6. The second-order valence-corrected chi connectivity index (χ2v) is 6.64. The molecule has 1 aliphatic rings. The number of hydrogen-bond donors (Lipinski definition) is 3. The monoisotopic (exact) mass is 307 g/mol. The largest absolute Gasteiger partial charge is 0.480 e. The maximum Gasteiger partial charge on any atom is 0.323 e. The number of carbonyl (C=O) groups excluding carboxylic acids is 2. The fourth-order valence-corrected chi connectivity index (χ4v) is 3.61. The van der Waals surface area contributed by atoms with Crippen molar-refractivity contribution in [2.45, 2.75) is 12.5 Å². The zero-order valence-electron chi connectivity index (χ0n) is 11.0. The smallest absolute Gasteiger partial charge is 0.323 e. The van der Waals surface area contributed by atoms with Gasteiger partial charge < -0.3 is 20.6 Å². The molecule has 0 spiro atoms. The van der Waals surface area contributed by atoms with Crippen molar-refractivity contribution in [3.05, 3.63) is 0 Å². The molecule has 9 nitrogen and oxygen atoms in total. The Morgan fingerprint density at radius 3 is 2.45 bits per heavy atom. The molecule has 3 amide bonds. The first-order chi connectivity index (χ1) is 9.25. The molecule has 0 bridgehead atoms. The van der Waals surface area contributed by atoms with Crippen LogP contribution in [0.3, 0.4) is 0 Å². The Kier molecular flexibility index (Phi) is 5.31. The Morgan fingerprint density at radius 2 is 2.00 bits per heavy atom. The van der Waals surface area contributed by atoms with Gasteiger partial charge in [-0.1, -0.05) is 0 Å². The standard InChI is InChI=1S/C10H17N3O6S/c1-11-8(14)4-12-10(17)13(5-9(15)16)7-2-3-20(18,19)6-7/h7H,2-6H2,1H3,(H,11,14)(H,12,17)(H,15,16). The van der Waals surface area contributed by atoms with E-state index in [1.54, 1.807) is 0 Å². The van der Waals surface area contributed by atoms with Crippen LogP contribution in [0.4, 0.5) is 4.79 Å². The number of carboxylic acid groups (broad SMARTS) is 1. The number of amides is 3. The SMILES string of the molecule is CNC(=O)CNC(=O)N(CC(=O)O)C1CCS(=O)(=O)C1. The molecule has 0 aromatic rings. The maximum atomic E-state index is 11.9. The highest BCUT2D eigenvalue weighted by atomic mass is 32.2. The molecular weight excluding hydrogens is 290 g/mol. The molecule has 1 saturated heterocycles. The molecule has 1 aliphatic heterocycles. The van der Waals surface area contributed by atoms with Crippen LogP contribution in [-0.4, -0.2) is 74.0 Å². The van der Waals surface area contributed by atoms with Crippen LogP contribution < -0.4 is 10.6 Å². The number of sulfone groups is 1. The Balaban J connectivity index is 2.71. The minimum Gasteiger partial charge on any atom is -0.480 e. The Hall–Kier alpha value is -1.84. The van der Waals surface area contributed by atoms with Crippen LogP contribution in [0.15, 0.2) is 0 Å².